The van der Waals surface area contributed by atoms with Crippen molar-refractivity contribution in [1.29, 1.82) is 5.26 Å². The van der Waals surface area contributed by atoms with Gasteiger partial charge in [0.05, 0.1) is 17.4 Å². The van der Waals surface area contributed by atoms with Crippen LogP contribution in [0.3, 0.4) is 0 Å². The highest BCUT2D eigenvalue weighted by Crippen LogP contribution is 2.19. The van der Waals surface area contributed by atoms with Crippen LogP contribution in [0.1, 0.15) is 18.9 Å². The lowest BCUT2D eigenvalue weighted by atomic mass is 10.2. The van der Waals surface area contributed by atoms with Gasteiger partial charge in [0.1, 0.15) is 5.75 Å². The first-order valence-corrected chi connectivity index (χ1v) is 8.12. The summed E-state index contributed by atoms with van der Waals surface area (Å²) in [7, 11) is 0. The first kappa shape index (κ1) is 18.9. The van der Waals surface area contributed by atoms with E-state index in [9.17, 15) is 14.9 Å². The lowest BCUT2D eigenvalue weighted by molar-refractivity contribution is -0.384. The van der Waals surface area contributed by atoms with Crippen LogP contribution in [0.2, 0.25) is 0 Å². The number of nitrogens with zero attached hydrogens (tertiary/aromatic N) is 3. The van der Waals surface area contributed by atoms with Crippen LogP contribution in [0.5, 0.6) is 5.75 Å². The molecule has 2 rings (SSSR count). The van der Waals surface area contributed by atoms with E-state index in [1.807, 2.05) is 36.4 Å². The molecule has 26 heavy (non-hydrogen) atoms. The predicted molar refractivity (Wildman–Crippen MR) is 95.3 cm³/mol. The number of carbonyl (C=O) groups excluding carboxylic acids is 1. The lowest BCUT2D eigenvalue weighted by Crippen LogP contribution is -2.40. The number of non-ortho nitro benzene ring substituents is 1. The first-order valence-electron chi connectivity index (χ1n) is 8.12. The number of rotatable bonds is 8. The van der Waals surface area contributed by atoms with E-state index in [1.165, 1.54) is 24.3 Å². The minimum atomic E-state index is -0.779. The molecule has 0 saturated carbocycles. The van der Waals surface area contributed by atoms with Gasteiger partial charge in [-0.3, -0.25) is 14.9 Å². The summed E-state index contributed by atoms with van der Waals surface area (Å²) in [6.07, 6.45) is -0.554. The summed E-state index contributed by atoms with van der Waals surface area (Å²) in [5, 5.41) is 19.5. The number of carbonyl (C=O) groups is 1. The van der Waals surface area contributed by atoms with Crippen LogP contribution in [-0.4, -0.2) is 28.4 Å². The highest BCUT2D eigenvalue weighted by atomic mass is 16.6. The number of hydrogen-bond acceptors (Lipinski definition) is 5. The van der Waals surface area contributed by atoms with E-state index >= 15 is 0 Å². The van der Waals surface area contributed by atoms with Crippen LogP contribution < -0.4 is 4.74 Å². The maximum Gasteiger partial charge on any atom is 0.269 e. The third-order valence-corrected chi connectivity index (χ3v) is 3.73. The first-order chi connectivity index (χ1) is 12.5. The van der Waals surface area contributed by atoms with Gasteiger partial charge in [0.2, 0.25) is 0 Å². The van der Waals surface area contributed by atoms with E-state index in [4.69, 9.17) is 10.00 Å². The largest absolute Gasteiger partial charge is 0.481 e. The van der Waals surface area contributed by atoms with Gasteiger partial charge in [-0.25, -0.2) is 0 Å². The topological polar surface area (TPSA) is 96.5 Å². The van der Waals surface area contributed by atoms with Gasteiger partial charge >= 0.3 is 0 Å². The second-order valence-corrected chi connectivity index (χ2v) is 5.66. The molecule has 0 aliphatic heterocycles. The van der Waals surface area contributed by atoms with Crippen molar-refractivity contribution < 1.29 is 14.5 Å². The Labute approximate surface area is 151 Å². The van der Waals surface area contributed by atoms with Gasteiger partial charge in [0.25, 0.3) is 11.6 Å². The molecule has 0 fully saturated rings. The summed E-state index contributed by atoms with van der Waals surface area (Å²) < 4.78 is 5.61. The fourth-order valence-corrected chi connectivity index (χ4v) is 2.41. The molecular weight excluding hydrogens is 334 g/mol. The Morgan fingerprint density at radius 3 is 2.46 bits per heavy atom. The molecule has 1 amide bonds. The average molecular weight is 353 g/mol. The van der Waals surface area contributed by atoms with E-state index in [0.29, 0.717) is 18.8 Å². The maximum absolute atomic E-state index is 12.7. The maximum atomic E-state index is 12.7. The molecule has 0 spiro atoms. The highest BCUT2D eigenvalue weighted by Gasteiger charge is 2.22. The molecule has 0 radical (unpaired) electrons. The minimum absolute atomic E-state index is 0.0453. The monoisotopic (exact) mass is 353 g/mol. The van der Waals surface area contributed by atoms with Gasteiger partial charge in [-0.15, -0.1) is 0 Å². The summed E-state index contributed by atoms with van der Waals surface area (Å²) in [6, 6.07) is 17.1. The number of hydrogen-bond donors (Lipinski definition) is 0. The fourth-order valence-electron chi connectivity index (χ4n) is 2.41. The number of benzene rings is 2. The van der Waals surface area contributed by atoms with E-state index in [-0.39, 0.29) is 18.0 Å². The molecule has 0 N–H and O–H groups in total. The number of nitriles is 1. The fraction of sp³-hybridized carbons (Fsp3) is 0.263. The van der Waals surface area contributed by atoms with Gasteiger partial charge in [-0.05, 0) is 24.6 Å². The van der Waals surface area contributed by atoms with Crippen LogP contribution in [0.15, 0.2) is 54.6 Å². The van der Waals surface area contributed by atoms with Crippen molar-refractivity contribution in [2.24, 2.45) is 0 Å². The molecule has 0 heterocycles. The quantitative estimate of drug-likeness (QED) is 0.536. The highest BCUT2D eigenvalue weighted by molar-refractivity contribution is 5.81. The van der Waals surface area contributed by atoms with Crippen LogP contribution in [0.4, 0.5) is 5.69 Å². The Bertz CT molecular complexity index is 785. The third kappa shape index (κ3) is 5.31. The Kier molecular flexibility index (Phi) is 6.68. The van der Waals surface area contributed by atoms with E-state index in [2.05, 4.69) is 0 Å². The smallest absolute Gasteiger partial charge is 0.269 e. The second kappa shape index (κ2) is 9.18. The SMILES string of the molecule is CC(Oc1ccc([N+](=O)[O-])cc1)C(=O)N(CCC#N)Cc1ccccc1. The molecule has 0 aliphatic carbocycles. The molecule has 7 nitrogen and oxygen atoms in total. The molecule has 2 aromatic carbocycles. The summed E-state index contributed by atoms with van der Waals surface area (Å²) in [6.45, 7) is 2.31. The van der Waals surface area contributed by atoms with Crippen molar-refractivity contribution >= 4 is 11.6 Å². The van der Waals surface area contributed by atoms with Crippen molar-refractivity contribution in [2.45, 2.75) is 26.0 Å². The molecule has 1 unspecified atom stereocenters. The van der Waals surface area contributed by atoms with E-state index in [1.54, 1.807) is 11.8 Å². The number of amides is 1. The molecule has 0 aromatic heterocycles. The number of nitro benzene ring substituents is 1. The Balaban J connectivity index is 2.05. The Hall–Kier alpha value is -3.40. The molecule has 2 aromatic rings. The Morgan fingerprint density at radius 2 is 1.88 bits per heavy atom. The van der Waals surface area contributed by atoms with Gasteiger partial charge in [0, 0.05) is 25.2 Å². The van der Waals surface area contributed by atoms with Crippen molar-refractivity contribution in [3.8, 4) is 11.8 Å². The summed E-state index contributed by atoms with van der Waals surface area (Å²) >= 11 is 0. The minimum Gasteiger partial charge on any atom is -0.481 e. The van der Waals surface area contributed by atoms with Gasteiger partial charge in [-0.1, -0.05) is 30.3 Å². The van der Waals surface area contributed by atoms with Crippen molar-refractivity contribution in [2.75, 3.05) is 6.54 Å². The van der Waals surface area contributed by atoms with E-state index < -0.39 is 11.0 Å². The zero-order valence-electron chi connectivity index (χ0n) is 14.4. The van der Waals surface area contributed by atoms with Crippen LogP contribution in [0, 0.1) is 21.4 Å². The molecule has 1 atom stereocenters. The zero-order chi connectivity index (χ0) is 18.9. The van der Waals surface area contributed by atoms with Gasteiger partial charge in [0.15, 0.2) is 6.10 Å². The molecule has 134 valence electrons. The molecular formula is C19H19N3O4. The van der Waals surface area contributed by atoms with Crippen LogP contribution in [-0.2, 0) is 11.3 Å². The van der Waals surface area contributed by atoms with Crippen molar-refractivity contribution in [3.63, 3.8) is 0 Å². The van der Waals surface area contributed by atoms with Gasteiger partial charge < -0.3 is 9.64 Å². The normalized spacial score (nSPS) is 11.2. The summed E-state index contributed by atoms with van der Waals surface area (Å²) in [5.41, 5.74) is 0.914. The second-order valence-electron chi connectivity index (χ2n) is 5.66. The summed E-state index contributed by atoms with van der Waals surface area (Å²) in [4.78, 5) is 24.5. The van der Waals surface area contributed by atoms with Crippen LogP contribution >= 0.6 is 0 Å². The van der Waals surface area contributed by atoms with Crippen molar-refractivity contribution in [3.05, 3.63) is 70.3 Å². The standard InChI is InChI=1S/C19H19N3O4/c1-15(26-18-10-8-17(9-11-18)22(24)25)19(23)21(13-5-12-20)14-16-6-3-2-4-7-16/h2-4,6-11,15H,5,13-14H2,1H3. The van der Waals surface area contributed by atoms with Gasteiger partial charge in [-0.2, -0.15) is 5.26 Å². The number of nitro groups is 1. The third-order valence-electron chi connectivity index (χ3n) is 3.73. The number of ether oxygens (including phenoxy) is 1. The zero-order valence-corrected chi connectivity index (χ0v) is 14.4. The van der Waals surface area contributed by atoms with E-state index in [0.717, 1.165) is 5.56 Å². The Morgan fingerprint density at radius 1 is 1.23 bits per heavy atom. The average Bonchev–Trinajstić information content (AvgIpc) is 2.65. The summed E-state index contributed by atoms with van der Waals surface area (Å²) in [5.74, 6) is 0.124. The molecule has 0 saturated heterocycles. The molecule has 7 heteroatoms. The molecule has 0 bridgehead atoms. The van der Waals surface area contributed by atoms with Crippen LogP contribution in [0.25, 0.3) is 0 Å². The predicted octanol–water partition coefficient (Wildman–Crippen LogP) is 3.30. The molecule has 0 aliphatic rings. The van der Waals surface area contributed by atoms with Crippen molar-refractivity contribution in [1.82, 2.24) is 4.90 Å². The lowest BCUT2D eigenvalue weighted by Gasteiger charge is -2.25.